The molecule has 112 valence electrons. The molecule has 0 aliphatic rings. The molecule has 2 rings (SSSR count). The van der Waals surface area contributed by atoms with Gasteiger partial charge in [0.05, 0.1) is 6.61 Å². The van der Waals surface area contributed by atoms with Gasteiger partial charge >= 0.3 is 0 Å². The Morgan fingerprint density at radius 1 is 1.19 bits per heavy atom. The molecule has 1 aromatic carbocycles. The molecule has 0 atom stereocenters. The number of rotatable bonds is 7. The highest BCUT2D eigenvalue weighted by molar-refractivity contribution is 5.66. The van der Waals surface area contributed by atoms with Crippen LogP contribution in [-0.2, 0) is 17.6 Å². The number of nitrogen functional groups attached to an aromatic ring is 1. The number of nitrogens with one attached hydrogen (secondary N) is 1. The van der Waals surface area contributed by atoms with Gasteiger partial charge < -0.3 is 15.8 Å². The molecule has 0 aliphatic heterocycles. The van der Waals surface area contributed by atoms with Crippen LogP contribution in [0.1, 0.15) is 24.5 Å². The summed E-state index contributed by atoms with van der Waals surface area (Å²) in [6.07, 6.45) is 4.20. The van der Waals surface area contributed by atoms with Crippen molar-refractivity contribution >= 4 is 17.3 Å². The van der Waals surface area contributed by atoms with Crippen LogP contribution < -0.4 is 11.1 Å². The van der Waals surface area contributed by atoms with Crippen LogP contribution >= 0.6 is 0 Å². The van der Waals surface area contributed by atoms with Gasteiger partial charge in [0.1, 0.15) is 18.0 Å². The van der Waals surface area contributed by atoms with Crippen molar-refractivity contribution in [3.05, 3.63) is 41.7 Å². The number of hydrogen-bond acceptors (Lipinski definition) is 5. The second-order valence-corrected chi connectivity index (χ2v) is 4.86. The molecule has 21 heavy (non-hydrogen) atoms. The average Bonchev–Trinajstić information content (AvgIpc) is 2.50. The topological polar surface area (TPSA) is 73.1 Å². The van der Waals surface area contributed by atoms with E-state index in [1.165, 1.54) is 11.9 Å². The molecule has 0 bridgehead atoms. The largest absolute Gasteiger partial charge is 0.384 e. The van der Waals surface area contributed by atoms with Crippen molar-refractivity contribution in [2.45, 2.75) is 26.2 Å². The fraction of sp³-hybridized carbons (Fsp3) is 0.375. The number of nitrogens with zero attached hydrogens (tertiary/aromatic N) is 2. The third kappa shape index (κ3) is 3.92. The van der Waals surface area contributed by atoms with Crippen molar-refractivity contribution in [1.82, 2.24) is 9.97 Å². The summed E-state index contributed by atoms with van der Waals surface area (Å²) in [5.41, 5.74) is 9.17. The van der Waals surface area contributed by atoms with E-state index in [-0.39, 0.29) is 0 Å². The fourth-order valence-corrected chi connectivity index (χ4v) is 2.23. The number of anilines is 3. The number of para-hydroxylation sites is 1. The van der Waals surface area contributed by atoms with Crippen molar-refractivity contribution in [2.24, 2.45) is 0 Å². The van der Waals surface area contributed by atoms with Gasteiger partial charge in [0.2, 0.25) is 0 Å². The highest BCUT2D eigenvalue weighted by Crippen LogP contribution is 2.25. The van der Waals surface area contributed by atoms with Crippen molar-refractivity contribution in [3.8, 4) is 0 Å². The van der Waals surface area contributed by atoms with E-state index in [0.29, 0.717) is 12.4 Å². The minimum atomic E-state index is 0.545. The summed E-state index contributed by atoms with van der Waals surface area (Å²) in [4.78, 5) is 8.42. The molecule has 2 aromatic rings. The summed E-state index contributed by atoms with van der Waals surface area (Å²) in [5, 5.41) is 3.39. The van der Waals surface area contributed by atoms with Gasteiger partial charge in [0.15, 0.2) is 0 Å². The van der Waals surface area contributed by atoms with Crippen LogP contribution in [0.4, 0.5) is 17.3 Å². The molecule has 0 saturated heterocycles. The van der Waals surface area contributed by atoms with Crippen LogP contribution in [0.5, 0.6) is 0 Å². The lowest BCUT2D eigenvalue weighted by Crippen LogP contribution is -2.07. The zero-order valence-corrected chi connectivity index (χ0v) is 12.6. The van der Waals surface area contributed by atoms with Gasteiger partial charge in [-0.25, -0.2) is 9.97 Å². The van der Waals surface area contributed by atoms with Crippen molar-refractivity contribution in [1.29, 1.82) is 0 Å². The van der Waals surface area contributed by atoms with Gasteiger partial charge in [-0.15, -0.1) is 0 Å². The van der Waals surface area contributed by atoms with E-state index in [1.807, 2.05) is 18.2 Å². The molecule has 1 aromatic heterocycles. The second-order valence-electron chi connectivity index (χ2n) is 4.86. The van der Waals surface area contributed by atoms with Crippen LogP contribution in [0, 0.1) is 0 Å². The third-order valence-corrected chi connectivity index (χ3v) is 3.32. The van der Waals surface area contributed by atoms with E-state index < -0.39 is 0 Å². The Bertz CT molecular complexity index is 586. The Morgan fingerprint density at radius 2 is 2.00 bits per heavy atom. The number of aromatic nitrogens is 2. The van der Waals surface area contributed by atoms with E-state index in [2.05, 4.69) is 28.3 Å². The Balaban J connectivity index is 2.28. The molecule has 0 fully saturated rings. The molecule has 0 aliphatic carbocycles. The van der Waals surface area contributed by atoms with Gasteiger partial charge in [-0.2, -0.15) is 0 Å². The number of nitrogens with two attached hydrogens (primary N) is 1. The summed E-state index contributed by atoms with van der Waals surface area (Å²) < 4.78 is 5.16. The zero-order chi connectivity index (χ0) is 15.1. The minimum Gasteiger partial charge on any atom is -0.384 e. The van der Waals surface area contributed by atoms with E-state index in [4.69, 9.17) is 10.5 Å². The standard InChI is InChI=1S/C16H22N4O/c1-3-6-13-15(17)18-11-19-16(13)20-14-8-5-4-7-12(14)9-10-21-2/h4-5,7-8,11H,3,6,9-10H2,1-2H3,(H3,17,18,19,20). The third-order valence-electron chi connectivity index (χ3n) is 3.32. The molecule has 0 saturated carbocycles. The predicted molar refractivity (Wildman–Crippen MR) is 85.7 cm³/mol. The van der Waals surface area contributed by atoms with Crippen LogP contribution in [0.2, 0.25) is 0 Å². The van der Waals surface area contributed by atoms with Gasteiger partial charge in [-0.3, -0.25) is 0 Å². The first-order valence-corrected chi connectivity index (χ1v) is 7.19. The first-order valence-electron chi connectivity index (χ1n) is 7.19. The maximum absolute atomic E-state index is 5.97. The monoisotopic (exact) mass is 286 g/mol. The highest BCUT2D eigenvalue weighted by atomic mass is 16.5. The van der Waals surface area contributed by atoms with E-state index in [9.17, 15) is 0 Å². The van der Waals surface area contributed by atoms with Crippen LogP contribution in [0.3, 0.4) is 0 Å². The fourth-order valence-electron chi connectivity index (χ4n) is 2.23. The summed E-state index contributed by atoms with van der Waals surface area (Å²) in [6.45, 7) is 2.80. The Morgan fingerprint density at radius 3 is 2.76 bits per heavy atom. The van der Waals surface area contributed by atoms with E-state index in [1.54, 1.807) is 7.11 Å². The summed E-state index contributed by atoms with van der Waals surface area (Å²) in [5.74, 6) is 1.33. The van der Waals surface area contributed by atoms with Crippen molar-refractivity contribution < 1.29 is 4.74 Å². The van der Waals surface area contributed by atoms with Gasteiger partial charge in [0.25, 0.3) is 0 Å². The first kappa shape index (κ1) is 15.3. The van der Waals surface area contributed by atoms with Crippen LogP contribution in [0.15, 0.2) is 30.6 Å². The zero-order valence-electron chi connectivity index (χ0n) is 12.6. The lowest BCUT2D eigenvalue weighted by Gasteiger charge is -2.14. The summed E-state index contributed by atoms with van der Waals surface area (Å²) in [6, 6.07) is 8.16. The van der Waals surface area contributed by atoms with E-state index in [0.717, 1.165) is 36.3 Å². The molecule has 0 amide bonds. The number of hydrogen-bond donors (Lipinski definition) is 2. The van der Waals surface area contributed by atoms with Gasteiger partial charge in [-0.1, -0.05) is 31.5 Å². The quantitative estimate of drug-likeness (QED) is 0.818. The van der Waals surface area contributed by atoms with Crippen LogP contribution in [-0.4, -0.2) is 23.7 Å². The second kappa shape index (κ2) is 7.59. The first-order chi connectivity index (χ1) is 10.3. The molecule has 0 spiro atoms. The van der Waals surface area contributed by atoms with E-state index >= 15 is 0 Å². The molecular formula is C16H22N4O. The summed E-state index contributed by atoms with van der Waals surface area (Å²) in [7, 11) is 1.71. The maximum atomic E-state index is 5.97. The number of methoxy groups -OCH3 is 1. The van der Waals surface area contributed by atoms with Gasteiger partial charge in [0, 0.05) is 18.4 Å². The molecule has 5 heteroatoms. The lowest BCUT2D eigenvalue weighted by molar-refractivity contribution is 0.202. The number of benzene rings is 1. The number of ether oxygens (including phenoxy) is 1. The Labute approximate surface area is 125 Å². The highest BCUT2D eigenvalue weighted by Gasteiger charge is 2.10. The molecule has 0 unspecified atom stereocenters. The normalized spacial score (nSPS) is 10.6. The Kier molecular flexibility index (Phi) is 5.51. The predicted octanol–water partition coefficient (Wildman–Crippen LogP) is 2.94. The lowest BCUT2D eigenvalue weighted by atomic mass is 10.1. The van der Waals surface area contributed by atoms with Gasteiger partial charge in [-0.05, 0) is 24.5 Å². The van der Waals surface area contributed by atoms with Crippen LogP contribution in [0.25, 0.3) is 0 Å². The smallest absolute Gasteiger partial charge is 0.139 e. The molecule has 3 N–H and O–H groups in total. The Hall–Kier alpha value is -2.14. The minimum absolute atomic E-state index is 0.545. The SMILES string of the molecule is CCCc1c(N)ncnc1Nc1ccccc1CCOC. The molecule has 5 nitrogen and oxygen atoms in total. The maximum Gasteiger partial charge on any atom is 0.139 e. The molecular weight excluding hydrogens is 264 g/mol. The average molecular weight is 286 g/mol. The molecule has 1 heterocycles. The summed E-state index contributed by atoms with van der Waals surface area (Å²) >= 11 is 0. The molecule has 0 radical (unpaired) electrons. The van der Waals surface area contributed by atoms with Crippen molar-refractivity contribution in [3.63, 3.8) is 0 Å². The van der Waals surface area contributed by atoms with Crippen molar-refractivity contribution in [2.75, 3.05) is 24.8 Å².